The van der Waals surface area contributed by atoms with Gasteiger partial charge in [0.2, 0.25) is 5.91 Å². The maximum absolute atomic E-state index is 12.2. The summed E-state index contributed by atoms with van der Waals surface area (Å²) in [5.41, 5.74) is 0.734. The maximum Gasteiger partial charge on any atom is 0.262 e. The minimum Gasteiger partial charge on any atom is -0.357 e. The van der Waals surface area contributed by atoms with Crippen molar-refractivity contribution in [3.8, 4) is 0 Å². The van der Waals surface area contributed by atoms with Crippen LogP contribution in [-0.4, -0.2) is 41.2 Å². The Bertz CT molecular complexity index is 801. The maximum atomic E-state index is 12.2. The van der Waals surface area contributed by atoms with Gasteiger partial charge in [0.15, 0.2) is 5.17 Å². The van der Waals surface area contributed by atoms with Crippen LogP contribution in [0.1, 0.15) is 6.42 Å². The van der Waals surface area contributed by atoms with Crippen molar-refractivity contribution in [3.05, 3.63) is 42.5 Å². The highest BCUT2D eigenvalue weighted by Crippen LogP contribution is 2.26. The lowest BCUT2D eigenvalue weighted by molar-refractivity contribution is -0.121. The van der Waals surface area contributed by atoms with E-state index in [1.165, 1.54) is 11.8 Å². The summed E-state index contributed by atoms with van der Waals surface area (Å²) >= 11 is 1.33. The molecule has 5 nitrogen and oxygen atoms in total. The molecule has 1 unspecified atom stereocenters. The molecule has 2 aromatic rings. The van der Waals surface area contributed by atoms with Crippen LogP contribution >= 0.6 is 11.8 Å². The third-order valence-electron chi connectivity index (χ3n) is 3.52. The zero-order valence-corrected chi connectivity index (χ0v) is 13.8. The van der Waals surface area contributed by atoms with Crippen molar-refractivity contribution in [1.29, 1.82) is 0 Å². The molecule has 0 aliphatic carbocycles. The number of hydrogen-bond donors (Lipinski definition) is 1. The van der Waals surface area contributed by atoms with E-state index in [4.69, 9.17) is 0 Å². The molecule has 1 N–H and O–H groups in total. The van der Waals surface area contributed by atoms with Crippen molar-refractivity contribution in [2.45, 2.75) is 11.7 Å². The topological polar surface area (TPSA) is 61.8 Å². The van der Waals surface area contributed by atoms with Crippen LogP contribution < -0.4 is 5.32 Å². The van der Waals surface area contributed by atoms with E-state index < -0.39 is 5.25 Å². The fourth-order valence-corrected chi connectivity index (χ4v) is 3.35. The van der Waals surface area contributed by atoms with Gasteiger partial charge in [-0.15, -0.1) is 0 Å². The monoisotopic (exact) mass is 327 g/mol. The lowest BCUT2D eigenvalue weighted by Gasteiger charge is -2.12. The minimum absolute atomic E-state index is 0.122. The standard InChI is InChI=1S/C17H17N3O2S/c1-20(2)17-19-16(22)14(23-17)10-15(21)18-13-8-7-11-5-3-4-6-12(11)9-13/h3-9,14H,10H2,1-2H3,(H,18,21). The van der Waals surface area contributed by atoms with Crippen LogP contribution in [0.4, 0.5) is 5.69 Å². The summed E-state index contributed by atoms with van der Waals surface area (Å²) in [5.74, 6) is -0.423. The van der Waals surface area contributed by atoms with Crippen molar-refractivity contribution in [3.63, 3.8) is 0 Å². The summed E-state index contributed by atoms with van der Waals surface area (Å²) in [6, 6.07) is 13.7. The normalized spacial score (nSPS) is 17.2. The molecule has 0 spiro atoms. The Hall–Kier alpha value is -2.34. The Balaban J connectivity index is 1.64. The zero-order chi connectivity index (χ0) is 16.4. The van der Waals surface area contributed by atoms with Gasteiger partial charge in [-0.3, -0.25) is 9.59 Å². The number of rotatable bonds is 3. The average molecular weight is 327 g/mol. The second-order valence-corrected chi connectivity index (χ2v) is 6.72. The number of carbonyl (C=O) groups is 2. The number of thioether (sulfide) groups is 1. The number of carbonyl (C=O) groups excluding carboxylic acids is 2. The molecular weight excluding hydrogens is 310 g/mol. The minimum atomic E-state index is -0.437. The number of nitrogens with zero attached hydrogens (tertiary/aromatic N) is 2. The van der Waals surface area contributed by atoms with Crippen LogP contribution in [0.2, 0.25) is 0 Å². The van der Waals surface area contributed by atoms with Crippen molar-refractivity contribution >= 4 is 45.2 Å². The summed E-state index contributed by atoms with van der Waals surface area (Å²) in [7, 11) is 3.66. The van der Waals surface area contributed by atoms with Gasteiger partial charge in [-0.2, -0.15) is 4.99 Å². The summed E-state index contributed by atoms with van der Waals surface area (Å²) in [6.07, 6.45) is 0.122. The highest BCUT2D eigenvalue weighted by Gasteiger charge is 2.31. The molecule has 0 fully saturated rings. The third-order valence-corrected chi connectivity index (χ3v) is 4.84. The molecule has 0 aromatic heterocycles. The van der Waals surface area contributed by atoms with Crippen molar-refractivity contribution < 1.29 is 9.59 Å². The molecule has 0 bridgehead atoms. The Morgan fingerprint density at radius 1 is 1.22 bits per heavy atom. The second kappa shape index (κ2) is 6.42. The van der Waals surface area contributed by atoms with E-state index in [9.17, 15) is 9.59 Å². The lowest BCUT2D eigenvalue weighted by Crippen LogP contribution is -2.22. The molecule has 2 aromatic carbocycles. The van der Waals surface area contributed by atoms with Gasteiger partial charge < -0.3 is 10.2 Å². The van der Waals surface area contributed by atoms with Crippen LogP contribution in [0.3, 0.4) is 0 Å². The molecule has 0 radical (unpaired) electrons. The van der Waals surface area contributed by atoms with Gasteiger partial charge in [0.1, 0.15) is 5.25 Å². The number of benzene rings is 2. The molecule has 0 saturated heterocycles. The molecule has 1 aliphatic heterocycles. The molecule has 118 valence electrons. The first-order valence-corrected chi connectivity index (χ1v) is 8.16. The van der Waals surface area contributed by atoms with Gasteiger partial charge in [0.05, 0.1) is 0 Å². The number of aliphatic imine (C=N–C) groups is 1. The fourth-order valence-electron chi connectivity index (χ4n) is 2.35. The molecule has 6 heteroatoms. The Labute approximate surface area is 138 Å². The highest BCUT2D eigenvalue weighted by molar-refractivity contribution is 8.15. The predicted molar refractivity (Wildman–Crippen MR) is 94.7 cm³/mol. The Morgan fingerprint density at radius 3 is 2.65 bits per heavy atom. The number of fused-ring (bicyclic) bond motifs is 1. The van der Waals surface area contributed by atoms with Crippen LogP contribution in [-0.2, 0) is 9.59 Å². The molecule has 1 atom stereocenters. The van der Waals surface area contributed by atoms with Crippen LogP contribution in [0.15, 0.2) is 47.5 Å². The third kappa shape index (κ3) is 3.53. The quantitative estimate of drug-likeness (QED) is 0.941. The first-order valence-electron chi connectivity index (χ1n) is 7.28. The molecule has 0 saturated carbocycles. The number of hydrogen-bond acceptors (Lipinski definition) is 4. The number of anilines is 1. The van der Waals surface area contributed by atoms with Gasteiger partial charge in [0.25, 0.3) is 5.91 Å². The Morgan fingerprint density at radius 2 is 1.96 bits per heavy atom. The van der Waals surface area contributed by atoms with Crippen LogP contribution in [0.5, 0.6) is 0 Å². The zero-order valence-electron chi connectivity index (χ0n) is 12.9. The van der Waals surface area contributed by atoms with Gasteiger partial charge in [-0.1, -0.05) is 42.1 Å². The lowest BCUT2D eigenvalue weighted by atomic mass is 10.1. The fraction of sp³-hybridized carbons (Fsp3) is 0.235. The molecule has 3 rings (SSSR count). The summed E-state index contributed by atoms with van der Waals surface area (Å²) in [4.78, 5) is 29.8. The van der Waals surface area contributed by atoms with E-state index in [0.29, 0.717) is 5.17 Å². The van der Waals surface area contributed by atoms with Crippen molar-refractivity contribution in [1.82, 2.24) is 4.90 Å². The van der Waals surface area contributed by atoms with E-state index in [1.807, 2.05) is 56.6 Å². The molecule has 1 aliphatic rings. The Kier molecular flexibility index (Phi) is 4.34. The van der Waals surface area contributed by atoms with Gasteiger partial charge in [-0.25, -0.2) is 0 Å². The smallest absolute Gasteiger partial charge is 0.262 e. The first-order chi connectivity index (χ1) is 11.0. The summed E-state index contributed by atoms with van der Waals surface area (Å²) in [5, 5.41) is 5.26. The predicted octanol–water partition coefficient (Wildman–Crippen LogP) is 2.73. The van der Waals surface area contributed by atoms with E-state index in [0.717, 1.165) is 16.5 Å². The average Bonchev–Trinajstić information content (AvgIpc) is 2.88. The van der Waals surface area contributed by atoms with E-state index in [2.05, 4.69) is 10.3 Å². The largest absolute Gasteiger partial charge is 0.357 e. The van der Waals surface area contributed by atoms with E-state index in [-0.39, 0.29) is 18.2 Å². The van der Waals surface area contributed by atoms with Gasteiger partial charge in [0, 0.05) is 26.2 Å². The first kappa shape index (κ1) is 15.6. The summed E-state index contributed by atoms with van der Waals surface area (Å²) in [6.45, 7) is 0. The molecule has 1 heterocycles. The number of amides is 2. The number of amidine groups is 1. The number of nitrogens with one attached hydrogen (secondary N) is 1. The van der Waals surface area contributed by atoms with Gasteiger partial charge in [-0.05, 0) is 22.9 Å². The van der Waals surface area contributed by atoms with Crippen LogP contribution in [0, 0.1) is 0 Å². The SMILES string of the molecule is CN(C)C1=NC(=O)C(CC(=O)Nc2ccc3ccccc3c2)S1. The highest BCUT2D eigenvalue weighted by atomic mass is 32.2. The second-order valence-electron chi connectivity index (χ2n) is 5.55. The molecular formula is C17H17N3O2S. The molecule has 23 heavy (non-hydrogen) atoms. The van der Waals surface area contributed by atoms with Crippen molar-refractivity contribution in [2.24, 2.45) is 4.99 Å². The van der Waals surface area contributed by atoms with Gasteiger partial charge >= 0.3 is 0 Å². The van der Waals surface area contributed by atoms with Crippen molar-refractivity contribution in [2.75, 3.05) is 19.4 Å². The summed E-state index contributed by atoms with van der Waals surface area (Å²) < 4.78 is 0. The van der Waals surface area contributed by atoms with E-state index >= 15 is 0 Å². The van der Waals surface area contributed by atoms with Crippen LogP contribution in [0.25, 0.3) is 10.8 Å². The van der Waals surface area contributed by atoms with E-state index in [1.54, 1.807) is 4.90 Å². The molecule has 2 amide bonds.